The number of nitrogens with zero attached hydrogens (tertiary/aromatic N) is 3. The fraction of sp³-hybridized carbons (Fsp3) is 0.280. The minimum atomic E-state index is -0.355. The third-order valence-electron chi connectivity index (χ3n) is 6.28. The van der Waals surface area contributed by atoms with E-state index in [0.29, 0.717) is 36.0 Å². The molecule has 0 radical (unpaired) electrons. The quantitative estimate of drug-likeness (QED) is 0.600. The minimum Gasteiger partial charge on any atom is -0.307 e. The lowest BCUT2D eigenvalue weighted by molar-refractivity contribution is 0.0656. The number of benzene rings is 2. The summed E-state index contributed by atoms with van der Waals surface area (Å²) in [4.78, 5) is 39.8. The van der Waals surface area contributed by atoms with Crippen LogP contribution in [0, 0.1) is 0 Å². The fourth-order valence-electron chi connectivity index (χ4n) is 4.56. The Morgan fingerprint density at radius 1 is 0.969 bits per heavy atom. The van der Waals surface area contributed by atoms with Gasteiger partial charge in [0.2, 0.25) is 0 Å². The molecule has 0 saturated heterocycles. The molecule has 162 valence electrons. The molecule has 0 unspecified atom stereocenters. The standard InChI is InChI=1S/C25H24N4O3/c30-23(27-22-12-14-26-29(22)19-8-4-5-9-19)18-10-11-20-21(16-18)25(32)28(24(20)31)15-13-17-6-2-1-3-7-17/h1-3,6-7,10-12,14,16,19H,4-5,8-9,13,15H2,(H,27,30). The van der Waals surface area contributed by atoms with Crippen LogP contribution in [0.15, 0.2) is 60.8 Å². The van der Waals surface area contributed by atoms with Crippen molar-refractivity contribution in [2.75, 3.05) is 11.9 Å². The molecular weight excluding hydrogens is 404 g/mol. The van der Waals surface area contributed by atoms with Gasteiger partial charge in [0.05, 0.1) is 23.4 Å². The van der Waals surface area contributed by atoms with E-state index in [1.165, 1.54) is 23.8 Å². The molecule has 2 aromatic carbocycles. The van der Waals surface area contributed by atoms with Gasteiger partial charge in [-0.05, 0) is 43.0 Å². The summed E-state index contributed by atoms with van der Waals surface area (Å²) in [5.74, 6) is -0.344. The minimum absolute atomic E-state index is 0.278. The van der Waals surface area contributed by atoms with E-state index in [4.69, 9.17) is 0 Å². The molecule has 1 aliphatic carbocycles. The van der Waals surface area contributed by atoms with Gasteiger partial charge in [0, 0.05) is 18.2 Å². The van der Waals surface area contributed by atoms with E-state index in [0.717, 1.165) is 18.4 Å². The molecule has 1 fully saturated rings. The summed E-state index contributed by atoms with van der Waals surface area (Å²) in [6.07, 6.45) is 6.71. The van der Waals surface area contributed by atoms with E-state index >= 15 is 0 Å². The highest BCUT2D eigenvalue weighted by molar-refractivity contribution is 6.22. The maximum Gasteiger partial charge on any atom is 0.261 e. The van der Waals surface area contributed by atoms with Crippen molar-refractivity contribution in [3.8, 4) is 0 Å². The Kier molecular flexibility index (Phi) is 5.31. The zero-order chi connectivity index (χ0) is 22.1. The molecule has 1 N–H and O–H groups in total. The Morgan fingerprint density at radius 2 is 1.72 bits per heavy atom. The highest BCUT2D eigenvalue weighted by Gasteiger charge is 2.35. The van der Waals surface area contributed by atoms with Gasteiger partial charge in [0.15, 0.2) is 0 Å². The maximum absolute atomic E-state index is 12.9. The summed E-state index contributed by atoms with van der Waals surface area (Å²) < 4.78 is 1.87. The van der Waals surface area contributed by atoms with E-state index < -0.39 is 0 Å². The Bertz CT molecular complexity index is 1180. The molecule has 7 heteroatoms. The maximum atomic E-state index is 12.9. The van der Waals surface area contributed by atoms with Crippen molar-refractivity contribution >= 4 is 23.5 Å². The van der Waals surface area contributed by atoms with Crippen LogP contribution >= 0.6 is 0 Å². The molecule has 0 bridgehead atoms. The first kappa shape index (κ1) is 20.2. The summed E-state index contributed by atoms with van der Waals surface area (Å²) in [6.45, 7) is 0.304. The smallest absolute Gasteiger partial charge is 0.261 e. The fourth-order valence-corrected chi connectivity index (χ4v) is 4.56. The van der Waals surface area contributed by atoms with Crippen LogP contribution in [0.25, 0.3) is 0 Å². The van der Waals surface area contributed by atoms with E-state index in [1.54, 1.807) is 24.4 Å². The van der Waals surface area contributed by atoms with Crippen LogP contribution in [-0.4, -0.2) is 38.9 Å². The largest absolute Gasteiger partial charge is 0.307 e. The first-order valence-electron chi connectivity index (χ1n) is 11.0. The Hall–Kier alpha value is -3.74. The zero-order valence-electron chi connectivity index (χ0n) is 17.7. The average molecular weight is 428 g/mol. The van der Waals surface area contributed by atoms with Crippen molar-refractivity contribution in [3.63, 3.8) is 0 Å². The van der Waals surface area contributed by atoms with Gasteiger partial charge in [-0.1, -0.05) is 43.2 Å². The van der Waals surface area contributed by atoms with Gasteiger partial charge in [-0.25, -0.2) is 4.68 Å². The van der Waals surface area contributed by atoms with Crippen LogP contribution in [0.5, 0.6) is 0 Å². The second kappa shape index (κ2) is 8.42. The molecule has 2 aliphatic rings. The molecule has 32 heavy (non-hydrogen) atoms. The van der Waals surface area contributed by atoms with Crippen molar-refractivity contribution in [2.45, 2.75) is 38.1 Å². The molecule has 5 rings (SSSR count). The van der Waals surface area contributed by atoms with Gasteiger partial charge in [-0.3, -0.25) is 19.3 Å². The number of carbonyl (C=O) groups excluding carboxylic acids is 3. The number of hydrogen-bond acceptors (Lipinski definition) is 4. The first-order valence-corrected chi connectivity index (χ1v) is 11.0. The number of aromatic nitrogens is 2. The molecule has 1 saturated carbocycles. The highest BCUT2D eigenvalue weighted by Crippen LogP contribution is 2.31. The first-order chi connectivity index (χ1) is 15.6. The lowest BCUT2D eigenvalue weighted by Gasteiger charge is -2.14. The van der Waals surface area contributed by atoms with Gasteiger partial charge in [0.25, 0.3) is 17.7 Å². The van der Waals surface area contributed by atoms with Crippen molar-refractivity contribution < 1.29 is 14.4 Å². The summed E-state index contributed by atoms with van der Waals surface area (Å²) >= 11 is 0. The number of imide groups is 1. The third kappa shape index (κ3) is 3.70. The second-order valence-electron chi connectivity index (χ2n) is 8.31. The molecule has 1 aliphatic heterocycles. The number of rotatable bonds is 6. The summed E-state index contributed by atoms with van der Waals surface area (Å²) in [5.41, 5.74) is 2.02. The van der Waals surface area contributed by atoms with Crippen LogP contribution in [0.1, 0.15) is 68.4 Å². The Labute approximate surface area is 186 Å². The number of carbonyl (C=O) groups is 3. The van der Waals surface area contributed by atoms with Crippen molar-refractivity contribution in [1.82, 2.24) is 14.7 Å². The second-order valence-corrected chi connectivity index (χ2v) is 8.31. The lowest BCUT2D eigenvalue weighted by Crippen LogP contribution is -2.31. The molecule has 0 atom stereocenters. The lowest BCUT2D eigenvalue weighted by atomic mass is 10.1. The molecule has 3 aromatic rings. The van der Waals surface area contributed by atoms with E-state index in [2.05, 4.69) is 10.4 Å². The number of anilines is 1. The van der Waals surface area contributed by atoms with Crippen molar-refractivity contribution in [2.24, 2.45) is 0 Å². The van der Waals surface area contributed by atoms with E-state index in [9.17, 15) is 14.4 Å². The van der Waals surface area contributed by atoms with Crippen LogP contribution in [0.2, 0.25) is 0 Å². The van der Waals surface area contributed by atoms with Crippen LogP contribution in [0.3, 0.4) is 0 Å². The van der Waals surface area contributed by atoms with Crippen LogP contribution < -0.4 is 5.32 Å². The normalized spacial score (nSPS) is 15.9. The third-order valence-corrected chi connectivity index (χ3v) is 6.28. The topological polar surface area (TPSA) is 84.3 Å². The molecule has 2 heterocycles. The predicted octanol–water partition coefficient (Wildman–Crippen LogP) is 4.09. The molecular formula is C25H24N4O3. The van der Waals surface area contributed by atoms with Crippen molar-refractivity contribution in [3.05, 3.63) is 83.0 Å². The zero-order valence-corrected chi connectivity index (χ0v) is 17.7. The number of fused-ring (bicyclic) bond motifs is 1. The van der Waals surface area contributed by atoms with Crippen LogP contribution in [0.4, 0.5) is 5.82 Å². The number of amides is 3. The van der Waals surface area contributed by atoms with Gasteiger partial charge in [-0.2, -0.15) is 5.10 Å². The molecule has 0 spiro atoms. The monoisotopic (exact) mass is 428 g/mol. The Morgan fingerprint density at radius 3 is 2.50 bits per heavy atom. The van der Waals surface area contributed by atoms with Gasteiger partial charge in [0.1, 0.15) is 5.82 Å². The summed E-state index contributed by atoms with van der Waals surface area (Å²) in [6, 6.07) is 16.5. The van der Waals surface area contributed by atoms with Gasteiger partial charge < -0.3 is 5.32 Å². The van der Waals surface area contributed by atoms with E-state index in [1.807, 2.05) is 35.0 Å². The summed E-state index contributed by atoms with van der Waals surface area (Å²) in [5, 5.41) is 7.29. The van der Waals surface area contributed by atoms with Crippen LogP contribution in [-0.2, 0) is 6.42 Å². The van der Waals surface area contributed by atoms with Crippen molar-refractivity contribution in [1.29, 1.82) is 0 Å². The summed E-state index contributed by atoms with van der Waals surface area (Å²) in [7, 11) is 0. The van der Waals surface area contributed by atoms with Gasteiger partial charge >= 0.3 is 0 Å². The van der Waals surface area contributed by atoms with Gasteiger partial charge in [-0.15, -0.1) is 0 Å². The molecule has 1 aromatic heterocycles. The Balaban J connectivity index is 1.31. The SMILES string of the molecule is O=C(Nc1ccnn1C1CCCC1)c1ccc2c(c1)C(=O)N(CCc1ccccc1)C2=O. The average Bonchev–Trinajstić information content (AvgIpc) is 3.55. The number of nitrogens with one attached hydrogen (secondary N) is 1. The molecule has 7 nitrogen and oxygen atoms in total. The predicted molar refractivity (Wildman–Crippen MR) is 120 cm³/mol. The van der Waals surface area contributed by atoms with E-state index in [-0.39, 0.29) is 23.3 Å². The highest BCUT2D eigenvalue weighted by atomic mass is 16.2. The molecule has 3 amide bonds. The number of hydrogen-bond donors (Lipinski definition) is 1.